The first kappa shape index (κ1) is 25.9. The number of ether oxygens (including phenoxy) is 2. The average molecular weight is 541 g/mol. The lowest BCUT2D eigenvalue weighted by atomic mass is 9.98. The summed E-state index contributed by atoms with van der Waals surface area (Å²) in [7, 11) is 0. The Morgan fingerprint density at radius 3 is 2.30 bits per heavy atom. The predicted molar refractivity (Wildman–Crippen MR) is 110 cm³/mol. The molecule has 2 aromatic rings. The van der Waals surface area contributed by atoms with Crippen LogP contribution in [0.4, 0.5) is 13.2 Å². The molecule has 33 heavy (non-hydrogen) atoms. The fourth-order valence-electron chi connectivity index (χ4n) is 3.52. The van der Waals surface area contributed by atoms with Crippen molar-refractivity contribution in [2.24, 2.45) is 0 Å². The molecule has 0 bridgehead atoms. The maximum atomic E-state index is 14.1. The van der Waals surface area contributed by atoms with Gasteiger partial charge in [0.25, 0.3) is 0 Å². The normalized spacial score (nSPS) is 28.4. The zero-order valence-electron chi connectivity index (χ0n) is 17.6. The van der Waals surface area contributed by atoms with Gasteiger partial charge in [-0.15, -0.1) is 5.10 Å². The van der Waals surface area contributed by atoms with Crippen LogP contribution in [-0.2, 0) is 17.3 Å². The van der Waals surface area contributed by atoms with Gasteiger partial charge in [-0.05, 0) is 31.5 Å². The Bertz CT molecular complexity index is 968. The number of hydrogen-bond acceptors (Lipinski definition) is 8. The van der Waals surface area contributed by atoms with Crippen molar-refractivity contribution in [1.29, 1.82) is 0 Å². The van der Waals surface area contributed by atoms with Crippen molar-refractivity contribution in [3.63, 3.8) is 0 Å². The molecule has 2 heterocycles. The summed E-state index contributed by atoms with van der Waals surface area (Å²) in [6, 6.07) is 5.70. The van der Waals surface area contributed by atoms with E-state index in [1.807, 2.05) is 0 Å². The molecule has 3 rings (SSSR count). The first-order valence-corrected chi connectivity index (χ1v) is 10.7. The highest BCUT2D eigenvalue weighted by Crippen LogP contribution is 2.41. The lowest BCUT2D eigenvalue weighted by Crippen LogP contribution is -2.67. The lowest BCUT2D eigenvalue weighted by molar-refractivity contribution is -0.423. The fraction of sp³-hybridized carbons (Fsp3) is 0.550. The van der Waals surface area contributed by atoms with Crippen molar-refractivity contribution in [3.8, 4) is 5.88 Å². The Morgan fingerprint density at radius 1 is 1.18 bits per heavy atom. The van der Waals surface area contributed by atoms with Crippen LogP contribution in [0.2, 0.25) is 0 Å². The van der Waals surface area contributed by atoms with Crippen molar-refractivity contribution in [1.82, 2.24) is 9.78 Å². The van der Waals surface area contributed by atoms with Crippen LogP contribution in [0.1, 0.15) is 36.7 Å². The second-order valence-corrected chi connectivity index (χ2v) is 8.88. The van der Waals surface area contributed by atoms with Gasteiger partial charge in [-0.2, -0.15) is 13.2 Å². The highest BCUT2D eigenvalue weighted by atomic mass is 79.9. The molecule has 184 valence electrons. The molecule has 0 spiro atoms. The van der Waals surface area contributed by atoms with Gasteiger partial charge in [-0.1, -0.05) is 28.1 Å². The molecular formula is C20H24BrF3N2O7. The van der Waals surface area contributed by atoms with Gasteiger partial charge in [-0.3, -0.25) is 4.68 Å². The average Bonchev–Trinajstić information content (AvgIpc) is 3.09. The zero-order valence-corrected chi connectivity index (χ0v) is 19.2. The Balaban J connectivity index is 2.11. The molecule has 1 aliphatic heterocycles. The summed E-state index contributed by atoms with van der Waals surface area (Å²) in [5, 5.41) is 54.1. The molecule has 1 saturated heterocycles. The molecule has 13 heteroatoms. The Kier molecular flexibility index (Phi) is 7.44. The molecule has 0 amide bonds. The van der Waals surface area contributed by atoms with Crippen molar-refractivity contribution in [3.05, 3.63) is 45.6 Å². The molecule has 9 nitrogen and oxygen atoms in total. The van der Waals surface area contributed by atoms with Crippen molar-refractivity contribution < 1.29 is 48.2 Å². The lowest BCUT2D eigenvalue weighted by Gasteiger charge is -2.43. The largest absolute Gasteiger partial charge is 0.433 e. The SMILES string of the molecule is CC(C)n1nc(O[C@]2(O)O[C@H](CO)[C@@H](O)[C@H](O)[C@H]2O)c(Cc2ccc(Br)cc2)c1C(F)(F)F. The second kappa shape index (κ2) is 9.49. The monoisotopic (exact) mass is 540 g/mol. The van der Waals surface area contributed by atoms with Crippen LogP contribution in [0.25, 0.3) is 0 Å². The van der Waals surface area contributed by atoms with E-state index in [0.717, 1.165) is 0 Å². The molecular weight excluding hydrogens is 517 g/mol. The van der Waals surface area contributed by atoms with Crippen LogP contribution >= 0.6 is 15.9 Å². The van der Waals surface area contributed by atoms with E-state index < -0.39 is 66.4 Å². The third-order valence-electron chi connectivity index (χ3n) is 5.19. The predicted octanol–water partition coefficient (Wildman–Crippen LogP) is 1.33. The van der Waals surface area contributed by atoms with E-state index in [4.69, 9.17) is 9.47 Å². The van der Waals surface area contributed by atoms with E-state index in [2.05, 4.69) is 21.0 Å². The number of rotatable bonds is 6. The molecule has 0 aliphatic carbocycles. The second-order valence-electron chi connectivity index (χ2n) is 7.97. The summed E-state index contributed by atoms with van der Waals surface area (Å²) in [6.07, 6.45) is -12.8. The van der Waals surface area contributed by atoms with Gasteiger partial charge < -0.3 is 35.0 Å². The van der Waals surface area contributed by atoms with Crippen LogP contribution in [0.15, 0.2) is 28.7 Å². The minimum atomic E-state index is -4.85. The number of alkyl halides is 3. The molecule has 0 radical (unpaired) electrons. The molecule has 1 aliphatic rings. The number of nitrogens with zero attached hydrogens (tertiary/aromatic N) is 2. The first-order valence-electron chi connectivity index (χ1n) is 9.95. The van der Waals surface area contributed by atoms with Gasteiger partial charge in [0.2, 0.25) is 5.88 Å². The maximum Gasteiger partial charge on any atom is 0.433 e. The van der Waals surface area contributed by atoms with Crippen molar-refractivity contribution in [2.45, 2.75) is 62.9 Å². The van der Waals surface area contributed by atoms with E-state index in [9.17, 15) is 38.7 Å². The summed E-state index contributed by atoms with van der Waals surface area (Å²) < 4.78 is 53.8. The molecule has 1 aromatic heterocycles. The number of aromatic nitrogens is 2. The molecule has 1 fully saturated rings. The molecule has 5 atom stereocenters. The van der Waals surface area contributed by atoms with E-state index in [1.54, 1.807) is 24.3 Å². The van der Waals surface area contributed by atoms with Gasteiger partial charge in [0.15, 0.2) is 6.10 Å². The minimum Gasteiger partial charge on any atom is -0.417 e. The minimum absolute atomic E-state index is 0.301. The fourth-order valence-corrected chi connectivity index (χ4v) is 3.78. The van der Waals surface area contributed by atoms with Gasteiger partial charge >= 0.3 is 12.1 Å². The van der Waals surface area contributed by atoms with Crippen LogP contribution in [0.5, 0.6) is 5.88 Å². The summed E-state index contributed by atoms with van der Waals surface area (Å²) in [4.78, 5) is 0. The maximum absolute atomic E-state index is 14.1. The third kappa shape index (κ3) is 5.19. The Hall–Kier alpha value is -1.74. The Labute approximate surface area is 195 Å². The van der Waals surface area contributed by atoms with Gasteiger partial charge in [-0.25, -0.2) is 0 Å². The van der Waals surface area contributed by atoms with Crippen LogP contribution < -0.4 is 4.74 Å². The van der Waals surface area contributed by atoms with Gasteiger partial charge in [0.05, 0.1) is 12.2 Å². The number of hydrogen-bond donors (Lipinski definition) is 5. The molecule has 0 saturated carbocycles. The van der Waals surface area contributed by atoms with Crippen LogP contribution in [0.3, 0.4) is 0 Å². The number of aliphatic hydroxyl groups is 5. The molecule has 0 unspecified atom stereocenters. The zero-order chi connectivity index (χ0) is 24.7. The summed E-state index contributed by atoms with van der Waals surface area (Å²) >= 11 is 3.25. The smallest absolute Gasteiger partial charge is 0.417 e. The standard InChI is InChI=1S/C20H24BrF3N2O7/c1-9(2)26-16(19(22,23)24)12(7-10-3-5-11(21)6-4-10)18(25-26)33-20(31)17(30)15(29)14(28)13(8-27)32-20/h3-6,9,13-15,17,27-31H,7-8H2,1-2H3/t13-,14-,15+,17-,20-/m1/s1. The van der Waals surface area contributed by atoms with Crippen molar-refractivity contribution >= 4 is 15.9 Å². The highest BCUT2D eigenvalue weighted by Gasteiger charge is 2.56. The topological polar surface area (TPSA) is 137 Å². The highest BCUT2D eigenvalue weighted by molar-refractivity contribution is 9.10. The summed E-state index contributed by atoms with van der Waals surface area (Å²) in [5.41, 5.74) is -1.09. The number of halogens is 4. The van der Waals surface area contributed by atoms with Gasteiger partial charge in [0.1, 0.15) is 24.0 Å². The summed E-state index contributed by atoms with van der Waals surface area (Å²) in [5.74, 6) is -3.79. The van der Waals surface area contributed by atoms with E-state index in [-0.39, 0.29) is 6.42 Å². The third-order valence-corrected chi connectivity index (χ3v) is 5.72. The molecule has 5 N–H and O–H groups in total. The quantitative estimate of drug-likeness (QED) is 0.346. The van der Waals surface area contributed by atoms with E-state index >= 15 is 0 Å². The first-order chi connectivity index (χ1) is 15.3. The van der Waals surface area contributed by atoms with Crippen LogP contribution in [-0.4, -0.2) is 72.3 Å². The van der Waals surface area contributed by atoms with Gasteiger partial charge in [0, 0.05) is 16.9 Å². The van der Waals surface area contributed by atoms with Crippen LogP contribution in [0, 0.1) is 0 Å². The summed E-state index contributed by atoms with van der Waals surface area (Å²) in [6.45, 7) is 2.06. The molecule has 1 aromatic carbocycles. The van der Waals surface area contributed by atoms with E-state index in [1.165, 1.54) is 13.8 Å². The van der Waals surface area contributed by atoms with Crippen molar-refractivity contribution in [2.75, 3.05) is 6.61 Å². The number of aliphatic hydroxyl groups excluding tert-OH is 4. The Morgan fingerprint density at radius 2 is 1.79 bits per heavy atom. The van der Waals surface area contributed by atoms with E-state index in [0.29, 0.717) is 14.7 Å². The number of benzene rings is 1.